The van der Waals surface area contributed by atoms with Crippen molar-refractivity contribution < 1.29 is 19.3 Å². The van der Waals surface area contributed by atoms with Gasteiger partial charge in [0.2, 0.25) is 0 Å². The normalized spacial score (nSPS) is 13.3. The summed E-state index contributed by atoms with van der Waals surface area (Å²) in [5, 5.41) is 10.4. The van der Waals surface area contributed by atoms with Crippen LogP contribution in [0.15, 0.2) is 48.5 Å². The molecule has 1 N–H and O–H groups in total. The lowest BCUT2D eigenvalue weighted by Gasteiger charge is -2.22. The second-order valence-electron chi connectivity index (χ2n) is 4.69. The molecule has 0 amide bonds. The largest absolute Gasteiger partial charge is 0.497 e. The minimum absolute atomic E-state index is 0.408. The van der Waals surface area contributed by atoms with E-state index in [9.17, 15) is 5.11 Å². The molecule has 2 unspecified atom stereocenters. The van der Waals surface area contributed by atoms with Gasteiger partial charge in [-0.05, 0) is 36.8 Å². The van der Waals surface area contributed by atoms with Gasteiger partial charge in [0.15, 0.2) is 11.5 Å². The van der Waals surface area contributed by atoms with E-state index in [4.69, 9.17) is 14.2 Å². The summed E-state index contributed by atoms with van der Waals surface area (Å²) in [4.78, 5) is 0. The average molecular weight is 288 g/mol. The number of rotatable bonds is 6. The van der Waals surface area contributed by atoms with Crippen molar-refractivity contribution in [2.45, 2.75) is 19.1 Å². The van der Waals surface area contributed by atoms with E-state index >= 15 is 0 Å². The lowest BCUT2D eigenvalue weighted by Crippen LogP contribution is -2.22. The van der Waals surface area contributed by atoms with Crippen LogP contribution in [-0.2, 0) is 0 Å². The van der Waals surface area contributed by atoms with Crippen molar-refractivity contribution in [2.24, 2.45) is 0 Å². The molecule has 0 aliphatic carbocycles. The second-order valence-corrected chi connectivity index (χ2v) is 4.69. The van der Waals surface area contributed by atoms with E-state index in [1.165, 1.54) is 0 Å². The zero-order valence-electron chi connectivity index (χ0n) is 12.4. The molecule has 0 aromatic heterocycles. The highest BCUT2D eigenvalue weighted by atomic mass is 16.5. The molecule has 2 aromatic rings. The molecule has 112 valence electrons. The first-order chi connectivity index (χ1) is 10.2. The first-order valence-electron chi connectivity index (χ1n) is 6.77. The summed E-state index contributed by atoms with van der Waals surface area (Å²) in [6.07, 6.45) is -1.14. The van der Waals surface area contributed by atoms with Gasteiger partial charge in [0, 0.05) is 0 Å². The van der Waals surface area contributed by atoms with Crippen molar-refractivity contribution in [1.82, 2.24) is 0 Å². The van der Waals surface area contributed by atoms with E-state index in [2.05, 4.69) is 0 Å². The van der Waals surface area contributed by atoms with E-state index in [1.54, 1.807) is 14.2 Å². The van der Waals surface area contributed by atoms with E-state index in [0.717, 1.165) is 11.3 Å². The fourth-order valence-corrected chi connectivity index (χ4v) is 2.05. The molecule has 0 bridgehead atoms. The van der Waals surface area contributed by atoms with Crippen LogP contribution < -0.4 is 14.2 Å². The van der Waals surface area contributed by atoms with Crippen LogP contribution in [0.4, 0.5) is 0 Å². The summed E-state index contributed by atoms with van der Waals surface area (Å²) < 4.78 is 16.1. The molecule has 0 aliphatic heterocycles. The summed E-state index contributed by atoms with van der Waals surface area (Å²) in [6, 6.07) is 14.7. The van der Waals surface area contributed by atoms with Crippen LogP contribution in [0.3, 0.4) is 0 Å². The highest BCUT2D eigenvalue weighted by molar-refractivity contribution is 5.39. The number of aliphatic hydroxyl groups is 1. The Morgan fingerprint density at radius 2 is 1.48 bits per heavy atom. The maximum absolute atomic E-state index is 10.4. The van der Waals surface area contributed by atoms with Crippen LogP contribution in [0, 0.1) is 0 Å². The molecular weight excluding hydrogens is 268 g/mol. The van der Waals surface area contributed by atoms with Crippen molar-refractivity contribution in [3.63, 3.8) is 0 Å². The maximum Gasteiger partial charge on any atom is 0.161 e. The van der Waals surface area contributed by atoms with Gasteiger partial charge in [-0.1, -0.05) is 24.3 Å². The maximum atomic E-state index is 10.4. The Bertz CT molecular complexity index is 565. The lowest BCUT2D eigenvalue weighted by atomic mass is 10.1. The average Bonchev–Trinajstić information content (AvgIpc) is 2.54. The van der Waals surface area contributed by atoms with Crippen molar-refractivity contribution in [2.75, 3.05) is 14.2 Å². The highest BCUT2D eigenvalue weighted by Crippen LogP contribution is 2.30. The number of methoxy groups -OCH3 is 2. The van der Waals surface area contributed by atoms with Gasteiger partial charge in [-0.15, -0.1) is 0 Å². The van der Waals surface area contributed by atoms with Crippen molar-refractivity contribution in [3.8, 4) is 17.2 Å². The smallest absolute Gasteiger partial charge is 0.161 e. The monoisotopic (exact) mass is 288 g/mol. The molecule has 0 aliphatic rings. The lowest BCUT2D eigenvalue weighted by molar-refractivity contribution is 0.0451. The molecule has 0 fully saturated rings. The number of ether oxygens (including phenoxy) is 3. The van der Waals surface area contributed by atoms with Gasteiger partial charge in [0.05, 0.1) is 14.2 Å². The Hall–Kier alpha value is -2.20. The number of hydrogen-bond donors (Lipinski definition) is 1. The van der Waals surface area contributed by atoms with Gasteiger partial charge >= 0.3 is 0 Å². The molecular formula is C17H20O4. The van der Waals surface area contributed by atoms with Crippen LogP contribution in [0.25, 0.3) is 0 Å². The van der Waals surface area contributed by atoms with Crippen LogP contribution in [0.1, 0.15) is 18.6 Å². The summed E-state index contributed by atoms with van der Waals surface area (Å²) in [7, 11) is 3.20. The van der Waals surface area contributed by atoms with Gasteiger partial charge < -0.3 is 19.3 Å². The second kappa shape index (κ2) is 6.99. The van der Waals surface area contributed by atoms with E-state index in [-0.39, 0.29) is 0 Å². The van der Waals surface area contributed by atoms with Crippen molar-refractivity contribution >= 4 is 0 Å². The molecule has 4 nitrogen and oxygen atoms in total. The quantitative estimate of drug-likeness (QED) is 0.886. The molecule has 2 rings (SSSR count). The Balaban J connectivity index is 2.09. The van der Waals surface area contributed by atoms with E-state index < -0.39 is 12.2 Å². The zero-order chi connectivity index (χ0) is 15.2. The van der Waals surface area contributed by atoms with Crippen molar-refractivity contribution in [1.29, 1.82) is 0 Å². The molecule has 0 heterocycles. The molecule has 0 spiro atoms. The molecule has 0 radical (unpaired) electrons. The van der Waals surface area contributed by atoms with Crippen LogP contribution in [0.5, 0.6) is 17.2 Å². The first-order valence-corrected chi connectivity index (χ1v) is 6.77. The van der Waals surface area contributed by atoms with Crippen LogP contribution in [0.2, 0.25) is 0 Å². The third kappa shape index (κ3) is 3.67. The van der Waals surface area contributed by atoms with Crippen LogP contribution >= 0.6 is 0 Å². The highest BCUT2D eigenvalue weighted by Gasteiger charge is 2.19. The number of hydrogen-bond acceptors (Lipinski definition) is 4. The fraction of sp³-hybridized carbons (Fsp3) is 0.294. The van der Waals surface area contributed by atoms with Gasteiger partial charge in [-0.2, -0.15) is 0 Å². The standard InChI is InChI=1S/C17H20O4/c1-12(21-16-7-5-4-6-15(16)20-3)17(18)13-8-10-14(19-2)11-9-13/h4-12,17-18H,1-3H3. The molecule has 21 heavy (non-hydrogen) atoms. The predicted octanol–water partition coefficient (Wildman–Crippen LogP) is 3.20. The third-order valence-electron chi connectivity index (χ3n) is 3.28. The molecule has 0 saturated carbocycles. The number of para-hydroxylation sites is 2. The van der Waals surface area contributed by atoms with Gasteiger partial charge in [0.1, 0.15) is 18.0 Å². The molecule has 4 heteroatoms. The minimum Gasteiger partial charge on any atom is -0.497 e. The molecule has 2 aromatic carbocycles. The summed E-state index contributed by atoms with van der Waals surface area (Å²) in [5.41, 5.74) is 0.776. The Morgan fingerprint density at radius 3 is 2.05 bits per heavy atom. The van der Waals surface area contributed by atoms with Gasteiger partial charge in [-0.25, -0.2) is 0 Å². The van der Waals surface area contributed by atoms with Gasteiger partial charge in [-0.3, -0.25) is 0 Å². The summed E-state index contributed by atoms with van der Waals surface area (Å²) in [6.45, 7) is 1.82. The molecule has 2 atom stereocenters. The third-order valence-corrected chi connectivity index (χ3v) is 3.28. The SMILES string of the molecule is COc1ccc(C(O)C(C)Oc2ccccc2OC)cc1. The number of benzene rings is 2. The first kappa shape index (κ1) is 15.2. The Kier molecular flexibility index (Phi) is 5.06. The fourth-order valence-electron chi connectivity index (χ4n) is 2.05. The summed E-state index contributed by atoms with van der Waals surface area (Å²) in [5.74, 6) is 2.01. The predicted molar refractivity (Wildman–Crippen MR) is 81.0 cm³/mol. The topological polar surface area (TPSA) is 47.9 Å². The zero-order valence-corrected chi connectivity index (χ0v) is 12.4. The van der Waals surface area contributed by atoms with E-state index in [0.29, 0.717) is 11.5 Å². The molecule has 0 saturated heterocycles. The van der Waals surface area contributed by atoms with E-state index in [1.807, 2.05) is 55.5 Å². The number of aliphatic hydroxyl groups excluding tert-OH is 1. The Morgan fingerprint density at radius 1 is 0.857 bits per heavy atom. The minimum atomic E-state index is -0.735. The van der Waals surface area contributed by atoms with Gasteiger partial charge in [0.25, 0.3) is 0 Å². The van der Waals surface area contributed by atoms with Crippen LogP contribution in [-0.4, -0.2) is 25.4 Å². The van der Waals surface area contributed by atoms with Crippen molar-refractivity contribution in [3.05, 3.63) is 54.1 Å². The summed E-state index contributed by atoms with van der Waals surface area (Å²) >= 11 is 0. The Labute approximate surface area is 124 Å².